The molecule has 1 saturated carbocycles. The van der Waals surface area contributed by atoms with Crippen molar-refractivity contribution in [3.05, 3.63) is 107 Å². The number of hydrogen-bond acceptors (Lipinski definition) is 6. The summed E-state index contributed by atoms with van der Waals surface area (Å²) in [6.45, 7) is 9.57. The number of carbonyl (C=O) groups is 4. The van der Waals surface area contributed by atoms with Gasteiger partial charge < -0.3 is 19.9 Å². The SMILES string of the molecule is Cc1ccc(CN(C(=O)OCc2ccccc2)C2CCN(C(=O)C(NC(=O)C(CC(=O)NOCc3ccccc3)CC3CCCC3)C(C)(C)C)CC2)cc1. The topological polar surface area (TPSA) is 117 Å². The molecule has 3 aromatic carbocycles. The summed E-state index contributed by atoms with van der Waals surface area (Å²) in [7, 11) is 0. The van der Waals surface area contributed by atoms with Gasteiger partial charge in [-0.15, -0.1) is 0 Å². The van der Waals surface area contributed by atoms with E-state index in [1.807, 2.05) is 118 Å². The zero-order valence-corrected chi connectivity index (χ0v) is 32.4. The van der Waals surface area contributed by atoms with E-state index in [1.54, 1.807) is 4.90 Å². The van der Waals surface area contributed by atoms with Gasteiger partial charge >= 0.3 is 6.09 Å². The molecule has 1 aliphatic heterocycles. The van der Waals surface area contributed by atoms with Crippen LogP contribution in [0.25, 0.3) is 0 Å². The first-order chi connectivity index (χ1) is 26.0. The number of ether oxygens (including phenoxy) is 1. The fourth-order valence-corrected chi connectivity index (χ4v) is 7.50. The highest BCUT2D eigenvalue weighted by Crippen LogP contribution is 2.32. The largest absolute Gasteiger partial charge is 0.445 e. The van der Waals surface area contributed by atoms with Gasteiger partial charge in [0.2, 0.25) is 17.7 Å². The van der Waals surface area contributed by atoms with E-state index in [9.17, 15) is 19.2 Å². The van der Waals surface area contributed by atoms with Gasteiger partial charge in [-0.3, -0.25) is 19.2 Å². The first-order valence-corrected chi connectivity index (χ1v) is 19.5. The van der Waals surface area contributed by atoms with E-state index in [1.165, 1.54) is 0 Å². The van der Waals surface area contributed by atoms with Crippen LogP contribution in [0.5, 0.6) is 0 Å². The lowest BCUT2D eigenvalue weighted by Gasteiger charge is -2.41. The van der Waals surface area contributed by atoms with Crippen molar-refractivity contribution in [3.8, 4) is 0 Å². The molecule has 0 bridgehead atoms. The molecule has 0 spiro atoms. The van der Waals surface area contributed by atoms with Gasteiger partial charge in [-0.05, 0) is 54.2 Å². The van der Waals surface area contributed by atoms with E-state index < -0.39 is 17.4 Å². The van der Waals surface area contributed by atoms with Crippen molar-refractivity contribution in [2.24, 2.45) is 17.3 Å². The summed E-state index contributed by atoms with van der Waals surface area (Å²) in [6.07, 6.45) is 5.66. The Labute approximate surface area is 320 Å². The van der Waals surface area contributed by atoms with Crippen LogP contribution in [0.1, 0.15) is 94.4 Å². The van der Waals surface area contributed by atoms with Crippen molar-refractivity contribution in [2.45, 2.75) is 111 Å². The van der Waals surface area contributed by atoms with Crippen LogP contribution in [0.2, 0.25) is 0 Å². The Morgan fingerprint density at radius 1 is 0.796 bits per heavy atom. The van der Waals surface area contributed by atoms with Crippen molar-refractivity contribution in [1.29, 1.82) is 0 Å². The third-order valence-electron chi connectivity index (χ3n) is 10.7. The van der Waals surface area contributed by atoms with Gasteiger partial charge in [-0.25, -0.2) is 10.3 Å². The molecule has 1 heterocycles. The summed E-state index contributed by atoms with van der Waals surface area (Å²) >= 11 is 0. The van der Waals surface area contributed by atoms with Crippen LogP contribution in [0.4, 0.5) is 4.79 Å². The van der Waals surface area contributed by atoms with E-state index in [0.717, 1.165) is 47.9 Å². The highest BCUT2D eigenvalue weighted by molar-refractivity contribution is 5.91. The van der Waals surface area contributed by atoms with E-state index in [0.29, 0.717) is 44.8 Å². The number of amides is 4. The van der Waals surface area contributed by atoms with Gasteiger partial charge in [0.15, 0.2) is 0 Å². The van der Waals surface area contributed by atoms with Crippen LogP contribution in [0.15, 0.2) is 84.9 Å². The number of carbonyl (C=O) groups excluding carboxylic acids is 4. The summed E-state index contributed by atoms with van der Waals surface area (Å²) in [4.78, 5) is 64.0. The maximum atomic E-state index is 14.2. The number of rotatable bonds is 15. The number of nitrogens with one attached hydrogen (secondary N) is 2. The van der Waals surface area contributed by atoms with Crippen LogP contribution in [0, 0.1) is 24.2 Å². The Kier molecular flexibility index (Phi) is 14.7. The Hall–Kier alpha value is -4.70. The van der Waals surface area contributed by atoms with Gasteiger partial charge in [-0.2, -0.15) is 0 Å². The van der Waals surface area contributed by atoms with E-state index in [-0.39, 0.29) is 49.5 Å². The minimum Gasteiger partial charge on any atom is -0.445 e. The molecule has 10 nitrogen and oxygen atoms in total. The smallest absolute Gasteiger partial charge is 0.410 e. The lowest BCUT2D eigenvalue weighted by molar-refractivity contribution is -0.143. The Bertz CT molecular complexity index is 1650. The summed E-state index contributed by atoms with van der Waals surface area (Å²) in [5, 5.41) is 3.10. The zero-order valence-electron chi connectivity index (χ0n) is 32.4. The number of likely N-dealkylation sites (tertiary alicyclic amines) is 1. The molecule has 2 atom stereocenters. The first-order valence-electron chi connectivity index (χ1n) is 19.5. The molecular formula is C44H58N4O6. The summed E-state index contributed by atoms with van der Waals surface area (Å²) in [6, 6.07) is 26.4. The number of hydroxylamine groups is 1. The van der Waals surface area contributed by atoms with Crippen molar-refractivity contribution < 1.29 is 28.8 Å². The molecule has 4 amide bonds. The number of piperidine rings is 1. The Balaban J connectivity index is 1.21. The highest BCUT2D eigenvalue weighted by Gasteiger charge is 2.40. The second-order valence-electron chi connectivity index (χ2n) is 16.1. The van der Waals surface area contributed by atoms with Crippen molar-refractivity contribution in [3.63, 3.8) is 0 Å². The van der Waals surface area contributed by atoms with Gasteiger partial charge in [0, 0.05) is 38.0 Å². The quantitative estimate of drug-likeness (QED) is 0.156. The number of hydrogen-bond donors (Lipinski definition) is 2. The minimum absolute atomic E-state index is 0.0231. The predicted molar refractivity (Wildman–Crippen MR) is 208 cm³/mol. The molecule has 0 aromatic heterocycles. The maximum Gasteiger partial charge on any atom is 0.410 e. The third-order valence-corrected chi connectivity index (χ3v) is 10.7. The molecule has 0 radical (unpaired) electrons. The van der Waals surface area contributed by atoms with Gasteiger partial charge in [0.05, 0.1) is 6.61 Å². The molecule has 1 aliphatic carbocycles. The van der Waals surface area contributed by atoms with Crippen LogP contribution in [-0.2, 0) is 43.7 Å². The highest BCUT2D eigenvalue weighted by atomic mass is 16.6. The Morgan fingerprint density at radius 3 is 1.98 bits per heavy atom. The minimum atomic E-state index is -0.787. The van der Waals surface area contributed by atoms with Crippen LogP contribution in [0.3, 0.4) is 0 Å². The van der Waals surface area contributed by atoms with Gasteiger partial charge in [0.1, 0.15) is 12.6 Å². The van der Waals surface area contributed by atoms with Crippen molar-refractivity contribution >= 4 is 23.8 Å². The second kappa shape index (κ2) is 19.6. The van der Waals surface area contributed by atoms with Gasteiger partial charge in [-0.1, -0.05) is 137 Å². The molecule has 2 N–H and O–H groups in total. The van der Waals surface area contributed by atoms with Gasteiger partial charge in [0.25, 0.3) is 0 Å². The molecule has 54 heavy (non-hydrogen) atoms. The predicted octanol–water partition coefficient (Wildman–Crippen LogP) is 7.49. The first kappa shape index (κ1) is 40.5. The summed E-state index contributed by atoms with van der Waals surface area (Å²) in [5.41, 5.74) is 5.94. The molecule has 1 saturated heterocycles. The van der Waals surface area contributed by atoms with Crippen LogP contribution in [-0.4, -0.2) is 58.8 Å². The second-order valence-corrected chi connectivity index (χ2v) is 16.1. The molecule has 10 heteroatoms. The molecule has 2 unspecified atom stereocenters. The molecule has 3 aromatic rings. The zero-order chi connectivity index (χ0) is 38.5. The Morgan fingerprint density at radius 2 is 1.39 bits per heavy atom. The lowest BCUT2D eigenvalue weighted by atomic mass is 9.84. The number of aryl methyl sites for hydroxylation is 1. The fourth-order valence-electron chi connectivity index (χ4n) is 7.50. The fraction of sp³-hybridized carbons (Fsp3) is 0.500. The van der Waals surface area contributed by atoms with Crippen molar-refractivity contribution in [2.75, 3.05) is 13.1 Å². The van der Waals surface area contributed by atoms with Crippen LogP contribution < -0.4 is 10.8 Å². The molecule has 2 fully saturated rings. The third kappa shape index (κ3) is 12.2. The number of benzene rings is 3. The normalized spacial score (nSPS) is 16.3. The number of nitrogens with zero attached hydrogens (tertiary/aromatic N) is 2. The summed E-state index contributed by atoms with van der Waals surface area (Å²) < 4.78 is 5.80. The van der Waals surface area contributed by atoms with Crippen molar-refractivity contribution in [1.82, 2.24) is 20.6 Å². The van der Waals surface area contributed by atoms with E-state index >= 15 is 0 Å². The van der Waals surface area contributed by atoms with E-state index in [2.05, 4.69) is 10.8 Å². The molecule has 5 rings (SSSR count). The molecular weight excluding hydrogens is 681 g/mol. The average Bonchev–Trinajstić information content (AvgIpc) is 3.69. The van der Waals surface area contributed by atoms with Crippen LogP contribution >= 0.6 is 0 Å². The maximum absolute atomic E-state index is 14.2. The molecule has 2 aliphatic rings. The van der Waals surface area contributed by atoms with E-state index in [4.69, 9.17) is 9.57 Å². The average molecular weight is 739 g/mol. The molecule has 290 valence electrons. The lowest BCUT2D eigenvalue weighted by Crippen LogP contribution is -2.58. The monoisotopic (exact) mass is 738 g/mol. The summed E-state index contributed by atoms with van der Waals surface area (Å²) in [5.74, 6) is -1.02. The standard InChI is InChI=1S/C44H58N4O6/c1-32-19-21-34(22-20-32)29-48(43(52)53-30-35-15-7-5-8-16-35)38-23-25-47(26-24-38)42(51)40(44(2,3)4)45-41(50)37(27-33-13-11-12-14-33)28-39(49)46-54-31-36-17-9-6-10-18-36/h5-10,15-22,33,37-38,40H,11-14,23-31H2,1-4H3,(H,45,50)(H,46,49).